The Morgan fingerprint density at radius 1 is 0.912 bits per heavy atom. The Labute approximate surface area is 201 Å². The number of amides is 1. The van der Waals surface area contributed by atoms with E-state index in [2.05, 4.69) is 15.0 Å². The van der Waals surface area contributed by atoms with Crippen LogP contribution in [0.2, 0.25) is 0 Å². The first-order chi connectivity index (χ1) is 16.4. The van der Waals surface area contributed by atoms with Crippen molar-refractivity contribution in [2.24, 2.45) is 0 Å². The molecule has 0 radical (unpaired) electrons. The van der Waals surface area contributed by atoms with Crippen LogP contribution in [0.5, 0.6) is 0 Å². The summed E-state index contributed by atoms with van der Waals surface area (Å²) in [6.45, 7) is 0. The molecule has 0 unspecified atom stereocenters. The lowest BCUT2D eigenvalue weighted by Crippen LogP contribution is -2.16. The van der Waals surface area contributed by atoms with Gasteiger partial charge in [0.2, 0.25) is 0 Å². The molecule has 9 heteroatoms. The highest BCUT2D eigenvalue weighted by atomic mass is 32.2. The highest BCUT2D eigenvalue weighted by Gasteiger charge is 2.17. The van der Waals surface area contributed by atoms with Gasteiger partial charge in [-0.05, 0) is 78.4 Å². The predicted octanol–water partition coefficient (Wildman–Crippen LogP) is 5.57. The smallest absolute Gasteiger partial charge is 0.261 e. The molecule has 0 atom stereocenters. The van der Waals surface area contributed by atoms with Crippen molar-refractivity contribution in [3.8, 4) is 0 Å². The van der Waals surface area contributed by atoms with Gasteiger partial charge in [-0.3, -0.25) is 14.5 Å². The zero-order chi connectivity index (χ0) is 24.0. The normalized spacial score (nSPS) is 11.1. The van der Waals surface area contributed by atoms with Crippen molar-refractivity contribution in [2.75, 3.05) is 10.0 Å². The molecular formula is C25H20FN3O3S2. The Kier molecular flexibility index (Phi) is 7.24. The van der Waals surface area contributed by atoms with Crippen LogP contribution in [-0.4, -0.2) is 19.3 Å². The van der Waals surface area contributed by atoms with Crippen LogP contribution < -0.4 is 10.0 Å². The number of halogens is 1. The summed E-state index contributed by atoms with van der Waals surface area (Å²) in [5.41, 5.74) is 2.12. The van der Waals surface area contributed by atoms with E-state index in [0.29, 0.717) is 5.69 Å². The monoisotopic (exact) mass is 493 g/mol. The van der Waals surface area contributed by atoms with E-state index in [-0.39, 0.29) is 16.1 Å². The maximum absolute atomic E-state index is 13.1. The first kappa shape index (κ1) is 23.5. The minimum atomic E-state index is -3.95. The molecule has 0 fully saturated rings. The predicted molar refractivity (Wildman–Crippen MR) is 132 cm³/mol. The Bertz CT molecular complexity index is 1380. The lowest BCUT2D eigenvalue weighted by atomic mass is 10.2. The van der Waals surface area contributed by atoms with E-state index < -0.39 is 21.7 Å². The average molecular weight is 494 g/mol. The van der Waals surface area contributed by atoms with E-state index >= 15 is 0 Å². The summed E-state index contributed by atoms with van der Waals surface area (Å²) in [5, 5.41) is 2.78. The minimum Gasteiger partial charge on any atom is -0.322 e. The molecule has 4 rings (SSSR count). The summed E-state index contributed by atoms with van der Waals surface area (Å²) in [6.07, 6.45) is 3.56. The topological polar surface area (TPSA) is 88.2 Å². The fourth-order valence-corrected chi connectivity index (χ4v) is 4.96. The van der Waals surface area contributed by atoms with Gasteiger partial charge < -0.3 is 5.32 Å². The van der Waals surface area contributed by atoms with Gasteiger partial charge in [-0.2, -0.15) is 0 Å². The number of carbonyl (C=O) groups excluding carboxylic acids is 1. The van der Waals surface area contributed by atoms with Crippen molar-refractivity contribution in [3.05, 3.63) is 114 Å². The fourth-order valence-electron chi connectivity index (χ4n) is 3.02. The van der Waals surface area contributed by atoms with E-state index in [1.54, 1.807) is 30.1 Å². The largest absolute Gasteiger partial charge is 0.322 e. The van der Waals surface area contributed by atoms with Gasteiger partial charge in [-0.25, -0.2) is 12.8 Å². The Hall–Kier alpha value is -3.69. The van der Waals surface area contributed by atoms with Gasteiger partial charge in [0.15, 0.2) is 0 Å². The average Bonchev–Trinajstić information content (AvgIpc) is 2.85. The van der Waals surface area contributed by atoms with Crippen molar-refractivity contribution in [1.82, 2.24) is 4.98 Å². The summed E-state index contributed by atoms with van der Waals surface area (Å²) in [6, 6.07) is 22.0. The van der Waals surface area contributed by atoms with Crippen molar-refractivity contribution >= 4 is 39.1 Å². The number of nitrogens with zero attached hydrogens (tertiary/aromatic N) is 1. The van der Waals surface area contributed by atoms with Crippen LogP contribution in [0.3, 0.4) is 0 Å². The van der Waals surface area contributed by atoms with Crippen LogP contribution in [-0.2, 0) is 15.8 Å². The Balaban J connectivity index is 1.40. The van der Waals surface area contributed by atoms with Crippen molar-refractivity contribution in [1.29, 1.82) is 0 Å². The first-order valence-corrected chi connectivity index (χ1v) is 12.7. The molecule has 1 amide bonds. The second-order valence-electron chi connectivity index (χ2n) is 7.27. The molecule has 1 aromatic heterocycles. The van der Waals surface area contributed by atoms with Gasteiger partial charge in [-0.1, -0.05) is 12.1 Å². The number of anilines is 2. The lowest BCUT2D eigenvalue weighted by molar-refractivity contribution is 0.102. The van der Waals surface area contributed by atoms with Gasteiger partial charge in [0.25, 0.3) is 15.9 Å². The summed E-state index contributed by atoms with van der Waals surface area (Å²) >= 11 is 1.66. The first-order valence-electron chi connectivity index (χ1n) is 10.2. The van der Waals surface area contributed by atoms with Gasteiger partial charge in [0.05, 0.1) is 4.90 Å². The third-order valence-electron chi connectivity index (χ3n) is 4.74. The van der Waals surface area contributed by atoms with E-state index in [0.717, 1.165) is 28.3 Å². The second kappa shape index (κ2) is 10.5. The number of sulfonamides is 1. The minimum absolute atomic E-state index is 0.0772. The number of aromatic nitrogens is 1. The van der Waals surface area contributed by atoms with Crippen LogP contribution in [0, 0.1) is 5.82 Å². The van der Waals surface area contributed by atoms with Crippen molar-refractivity contribution in [2.45, 2.75) is 15.5 Å². The maximum Gasteiger partial charge on any atom is 0.261 e. The molecule has 1 heterocycles. The number of hydrogen-bond acceptors (Lipinski definition) is 5. The number of hydrogen-bond donors (Lipinski definition) is 2. The van der Waals surface area contributed by atoms with Gasteiger partial charge in [0, 0.05) is 40.0 Å². The number of rotatable bonds is 8. The number of carbonyl (C=O) groups is 1. The summed E-state index contributed by atoms with van der Waals surface area (Å²) in [5.74, 6) is -0.122. The third kappa shape index (κ3) is 6.21. The third-order valence-corrected chi connectivity index (χ3v) is 7.21. The van der Waals surface area contributed by atoms with Crippen LogP contribution >= 0.6 is 11.8 Å². The Morgan fingerprint density at radius 3 is 2.35 bits per heavy atom. The molecular weight excluding hydrogens is 473 g/mol. The van der Waals surface area contributed by atoms with Gasteiger partial charge in [-0.15, -0.1) is 11.8 Å². The standard InChI is InChI=1S/C25H20FN3O3S2/c26-20-6-8-22(9-7-20)29-34(31,32)24-5-1-4-19(15-24)25(30)28-21-10-12-23(13-11-21)33-17-18-3-2-14-27-16-18/h1-16,29H,17H2,(H,28,30). The number of thioether (sulfide) groups is 1. The Morgan fingerprint density at radius 2 is 1.65 bits per heavy atom. The zero-order valence-corrected chi connectivity index (χ0v) is 19.4. The molecule has 34 heavy (non-hydrogen) atoms. The van der Waals surface area contributed by atoms with E-state index in [9.17, 15) is 17.6 Å². The van der Waals surface area contributed by atoms with Crippen molar-refractivity contribution in [3.63, 3.8) is 0 Å². The van der Waals surface area contributed by atoms with E-state index in [1.165, 1.54) is 36.4 Å². The molecule has 4 aromatic rings. The summed E-state index contributed by atoms with van der Waals surface area (Å²) in [4.78, 5) is 17.8. The summed E-state index contributed by atoms with van der Waals surface area (Å²) < 4.78 is 40.8. The van der Waals surface area contributed by atoms with Gasteiger partial charge >= 0.3 is 0 Å². The van der Waals surface area contributed by atoms with Crippen molar-refractivity contribution < 1.29 is 17.6 Å². The molecule has 3 aromatic carbocycles. The molecule has 0 aliphatic carbocycles. The molecule has 0 saturated heterocycles. The molecule has 6 nitrogen and oxygen atoms in total. The lowest BCUT2D eigenvalue weighted by Gasteiger charge is -2.10. The zero-order valence-electron chi connectivity index (χ0n) is 17.8. The van der Waals surface area contributed by atoms with Crippen LogP contribution in [0.1, 0.15) is 15.9 Å². The molecule has 172 valence electrons. The highest BCUT2D eigenvalue weighted by Crippen LogP contribution is 2.24. The number of pyridine rings is 1. The molecule has 0 bridgehead atoms. The van der Waals surface area contributed by atoms with Crippen LogP contribution in [0.25, 0.3) is 0 Å². The molecule has 0 aliphatic heterocycles. The number of benzene rings is 3. The molecule has 0 spiro atoms. The maximum atomic E-state index is 13.1. The van der Waals surface area contributed by atoms with Crippen LogP contribution in [0.15, 0.2) is 107 Å². The SMILES string of the molecule is O=C(Nc1ccc(SCc2cccnc2)cc1)c1cccc(S(=O)(=O)Nc2ccc(F)cc2)c1. The van der Waals surface area contributed by atoms with E-state index in [1.807, 2.05) is 30.5 Å². The number of nitrogens with one attached hydrogen (secondary N) is 2. The molecule has 0 saturated carbocycles. The molecule has 0 aliphatic rings. The fraction of sp³-hybridized carbons (Fsp3) is 0.0400. The van der Waals surface area contributed by atoms with Gasteiger partial charge in [0.1, 0.15) is 5.82 Å². The summed E-state index contributed by atoms with van der Waals surface area (Å²) in [7, 11) is -3.95. The quantitative estimate of drug-likeness (QED) is 0.314. The second-order valence-corrected chi connectivity index (χ2v) is 10.00. The van der Waals surface area contributed by atoms with Crippen LogP contribution in [0.4, 0.5) is 15.8 Å². The van der Waals surface area contributed by atoms with E-state index in [4.69, 9.17) is 0 Å². The highest BCUT2D eigenvalue weighted by molar-refractivity contribution is 7.98. The molecule has 2 N–H and O–H groups in total.